The molecule has 1 aromatic carbocycles. The van der Waals surface area contributed by atoms with Crippen LogP contribution in [0.15, 0.2) is 34.8 Å². The average Bonchev–Trinajstić information content (AvgIpc) is 2.20. The van der Waals surface area contributed by atoms with Crippen LogP contribution in [-0.2, 0) is 4.79 Å². The van der Waals surface area contributed by atoms with E-state index in [1.807, 2.05) is 0 Å². The average molecular weight is 285 g/mol. The van der Waals surface area contributed by atoms with Crippen LogP contribution in [0.5, 0.6) is 0 Å². The number of rotatable bonds is 3. The lowest BCUT2D eigenvalue weighted by molar-refractivity contribution is -0.384. The molecule has 0 aliphatic carbocycles. The second-order valence-corrected chi connectivity index (χ2v) is 4.01. The van der Waals surface area contributed by atoms with Gasteiger partial charge >= 0.3 is 0 Å². The molecular formula is C10H9BrN2O3. The van der Waals surface area contributed by atoms with Gasteiger partial charge in [-0.2, -0.15) is 0 Å². The Hall–Kier alpha value is -1.69. The summed E-state index contributed by atoms with van der Waals surface area (Å²) in [4.78, 5) is 21.4. The van der Waals surface area contributed by atoms with E-state index < -0.39 is 4.92 Å². The maximum Gasteiger partial charge on any atom is 0.271 e. The highest BCUT2D eigenvalue weighted by Crippen LogP contribution is 2.27. The van der Waals surface area contributed by atoms with E-state index in [4.69, 9.17) is 0 Å². The Kier molecular flexibility index (Phi) is 3.78. The quantitative estimate of drug-likeness (QED) is 0.527. The van der Waals surface area contributed by atoms with Crippen LogP contribution in [0.4, 0.5) is 11.4 Å². The number of halogens is 1. The first-order valence-corrected chi connectivity index (χ1v) is 5.12. The van der Waals surface area contributed by atoms with Crippen molar-refractivity contribution in [2.75, 3.05) is 5.32 Å². The maximum absolute atomic E-state index is 11.3. The van der Waals surface area contributed by atoms with E-state index >= 15 is 0 Å². The zero-order chi connectivity index (χ0) is 12.3. The number of amides is 1. The summed E-state index contributed by atoms with van der Waals surface area (Å²) in [6.07, 6.45) is 0. The number of hydrogen-bond donors (Lipinski definition) is 1. The van der Waals surface area contributed by atoms with Crippen LogP contribution in [0.2, 0.25) is 0 Å². The molecule has 84 valence electrons. The minimum Gasteiger partial charge on any atom is -0.321 e. The number of hydrogen-bond acceptors (Lipinski definition) is 3. The van der Waals surface area contributed by atoms with E-state index in [0.29, 0.717) is 15.7 Å². The summed E-state index contributed by atoms with van der Waals surface area (Å²) >= 11 is 3.19. The molecule has 16 heavy (non-hydrogen) atoms. The molecule has 1 aromatic rings. The summed E-state index contributed by atoms with van der Waals surface area (Å²) in [7, 11) is 0. The van der Waals surface area contributed by atoms with E-state index in [-0.39, 0.29) is 11.6 Å². The molecule has 1 amide bonds. The molecule has 0 aliphatic rings. The van der Waals surface area contributed by atoms with Crippen molar-refractivity contribution in [1.29, 1.82) is 0 Å². The molecule has 1 N–H and O–H groups in total. The van der Waals surface area contributed by atoms with E-state index in [0.717, 1.165) is 0 Å². The highest BCUT2D eigenvalue weighted by molar-refractivity contribution is 9.10. The number of nitro groups is 1. The van der Waals surface area contributed by atoms with Gasteiger partial charge in [-0.15, -0.1) is 0 Å². The smallest absolute Gasteiger partial charge is 0.271 e. The molecule has 0 spiro atoms. The van der Waals surface area contributed by atoms with Crippen molar-refractivity contribution >= 4 is 33.2 Å². The molecule has 0 saturated heterocycles. The second kappa shape index (κ2) is 4.89. The summed E-state index contributed by atoms with van der Waals surface area (Å²) in [6.45, 7) is 5.03. The number of nitro benzene ring substituents is 1. The summed E-state index contributed by atoms with van der Waals surface area (Å²) in [6, 6.07) is 4.14. The van der Waals surface area contributed by atoms with Crippen molar-refractivity contribution in [3.8, 4) is 0 Å². The topological polar surface area (TPSA) is 72.2 Å². The van der Waals surface area contributed by atoms with Crippen molar-refractivity contribution in [3.05, 3.63) is 44.9 Å². The molecular weight excluding hydrogens is 276 g/mol. The van der Waals surface area contributed by atoms with Crippen LogP contribution < -0.4 is 5.32 Å². The van der Waals surface area contributed by atoms with Gasteiger partial charge in [-0.3, -0.25) is 14.9 Å². The van der Waals surface area contributed by atoms with Crippen LogP contribution in [0, 0.1) is 10.1 Å². The fourth-order valence-corrected chi connectivity index (χ4v) is 1.30. The lowest BCUT2D eigenvalue weighted by atomic mass is 10.2. The minimum atomic E-state index is -0.525. The number of nitrogens with zero attached hydrogens (tertiary/aromatic N) is 1. The van der Waals surface area contributed by atoms with Gasteiger partial charge in [0.25, 0.3) is 11.6 Å². The first-order chi connectivity index (χ1) is 7.41. The standard InChI is InChI=1S/C10H9BrN2O3/c1-6(2)10(14)12-9-5-7(13(15)16)3-4-8(9)11/h3-5H,1H2,2H3,(H,12,14). The molecule has 0 heterocycles. The van der Waals surface area contributed by atoms with Crippen LogP contribution in [0.1, 0.15) is 6.92 Å². The predicted octanol–water partition coefficient (Wildman–Crippen LogP) is 2.87. The Morgan fingerprint density at radius 2 is 2.19 bits per heavy atom. The Balaban J connectivity index is 3.03. The van der Waals surface area contributed by atoms with Gasteiger partial charge in [0, 0.05) is 22.2 Å². The van der Waals surface area contributed by atoms with Gasteiger partial charge in [0.2, 0.25) is 0 Å². The Morgan fingerprint density at radius 1 is 1.56 bits per heavy atom. The van der Waals surface area contributed by atoms with E-state index in [2.05, 4.69) is 27.8 Å². The fraction of sp³-hybridized carbons (Fsp3) is 0.100. The maximum atomic E-state index is 11.3. The second-order valence-electron chi connectivity index (χ2n) is 3.16. The monoisotopic (exact) mass is 284 g/mol. The Labute approximate surface area is 100 Å². The van der Waals surface area contributed by atoms with Gasteiger partial charge in [0.05, 0.1) is 10.6 Å². The fourth-order valence-electron chi connectivity index (χ4n) is 0.952. The van der Waals surface area contributed by atoms with Crippen molar-refractivity contribution in [2.24, 2.45) is 0 Å². The first kappa shape index (κ1) is 12.4. The van der Waals surface area contributed by atoms with Gasteiger partial charge in [-0.05, 0) is 28.9 Å². The third-order valence-corrected chi connectivity index (χ3v) is 2.49. The SMILES string of the molecule is C=C(C)C(=O)Nc1cc([N+](=O)[O-])ccc1Br. The molecule has 0 radical (unpaired) electrons. The van der Waals surface area contributed by atoms with Gasteiger partial charge < -0.3 is 5.32 Å². The number of non-ortho nitro benzene ring substituents is 1. The normalized spacial score (nSPS) is 9.62. The summed E-state index contributed by atoms with van der Waals surface area (Å²) in [5.74, 6) is -0.374. The van der Waals surface area contributed by atoms with Crippen LogP contribution >= 0.6 is 15.9 Å². The van der Waals surface area contributed by atoms with Crippen molar-refractivity contribution in [3.63, 3.8) is 0 Å². The number of nitrogens with one attached hydrogen (secondary N) is 1. The molecule has 0 aliphatic heterocycles. The third-order valence-electron chi connectivity index (χ3n) is 1.80. The highest BCUT2D eigenvalue weighted by atomic mass is 79.9. The number of carbonyl (C=O) groups excluding carboxylic acids is 1. The molecule has 0 atom stereocenters. The lowest BCUT2D eigenvalue weighted by Crippen LogP contribution is -2.12. The Bertz CT molecular complexity index is 471. The summed E-state index contributed by atoms with van der Waals surface area (Å²) in [5.41, 5.74) is 0.598. The summed E-state index contributed by atoms with van der Waals surface area (Å²) < 4.78 is 0.577. The molecule has 0 aromatic heterocycles. The number of anilines is 1. The van der Waals surface area contributed by atoms with Crippen molar-refractivity contribution in [2.45, 2.75) is 6.92 Å². The highest BCUT2D eigenvalue weighted by Gasteiger charge is 2.11. The first-order valence-electron chi connectivity index (χ1n) is 4.32. The van der Waals surface area contributed by atoms with Gasteiger partial charge in [-0.25, -0.2) is 0 Å². The van der Waals surface area contributed by atoms with Crippen molar-refractivity contribution < 1.29 is 9.72 Å². The lowest BCUT2D eigenvalue weighted by Gasteiger charge is -2.06. The number of carbonyl (C=O) groups is 1. The van der Waals surface area contributed by atoms with Crippen molar-refractivity contribution in [1.82, 2.24) is 0 Å². The van der Waals surface area contributed by atoms with Gasteiger partial charge in [0.1, 0.15) is 0 Å². The molecule has 0 fully saturated rings. The number of benzene rings is 1. The van der Waals surface area contributed by atoms with E-state index in [1.54, 1.807) is 6.92 Å². The van der Waals surface area contributed by atoms with Gasteiger partial charge in [0.15, 0.2) is 0 Å². The molecule has 0 bridgehead atoms. The third kappa shape index (κ3) is 2.90. The zero-order valence-corrected chi connectivity index (χ0v) is 10.1. The van der Waals surface area contributed by atoms with Crippen LogP contribution in [0.3, 0.4) is 0 Å². The molecule has 0 unspecified atom stereocenters. The molecule has 1 rings (SSSR count). The predicted molar refractivity (Wildman–Crippen MR) is 64.2 cm³/mol. The summed E-state index contributed by atoms with van der Waals surface area (Å²) in [5, 5.41) is 13.1. The van der Waals surface area contributed by atoms with E-state index in [1.165, 1.54) is 18.2 Å². The largest absolute Gasteiger partial charge is 0.321 e. The van der Waals surface area contributed by atoms with Crippen LogP contribution in [-0.4, -0.2) is 10.8 Å². The van der Waals surface area contributed by atoms with E-state index in [9.17, 15) is 14.9 Å². The molecule has 0 saturated carbocycles. The minimum absolute atomic E-state index is 0.0831. The Morgan fingerprint density at radius 3 is 2.69 bits per heavy atom. The molecule has 5 nitrogen and oxygen atoms in total. The zero-order valence-electron chi connectivity index (χ0n) is 8.49. The van der Waals surface area contributed by atoms with Crippen LogP contribution in [0.25, 0.3) is 0 Å². The molecule has 6 heteroatoms. The van der Waals surface area contributed by atoms with Gasteiger partial charge in [-0.1, -0.05) is 6.58 Å².